The normalized spacial score (nSPS) is 12.1. The van der Waals surface area contributed by atoms with Crippen molar-refractivity contribution in [2.24, 2.45) is 5.41 Å². The van der Waals surface area contributed by atoms with Crippen LogP contribution in [0.3, 0.4) is 0 Å². The fourth-order valence-electron chi connectivity index (χ4n) is 2.26. The van der Waals surface area contributed by atoms with Crippen LogP contribution < -0.4 is 11.1 Å². The lowest BCUT2D eigenvalue weighted by atomic mass is 9.85. The minimum atomic E-state index is 0. The van der Waals surface area contributed by atoms with Gasteiger partial charge < -0.3 is 16.0 Å². The van der Waals surface area contributed by atoms with E-state index >= 15 is 0 Å². The van der Waals surface area contributed by atoms with E-state index in [1.165, 1.54) is 0 Å². The average Bonchev–Trinajstić information content (AvgIpc) is 2.30. The summed E-state index contributed by atoms with van der Waals surface area (Å²) in [4.78, 5) is 14.2. The molecule has 128 valence electrons. The second-order valence-electron chi connectivity index (χ2n) is 6.43. The number of carbonyl (C=O) groups is 1. The number of benzene rings is 1. The Kier molecular flexibility index (Phi) is 10.5. The molecular weight excluding hydrogens is 321 g/mol. The number of nitrogen functional groups attached to an aromatic ring is 1. The molecule has 0 spiro atoms. The number of nitrogens with two attached hydrogens (primary N) is 1. The molecule has 1 aromatic rings. The van der Waals surface area contributed by atoms with Crippen LogP contribution in [0.25, 0.3) is 0 Å². The van der Waals surface area contributed by atoms with Gasteiger partial charge in [-0.15, -0.1) is 24.8 Å². The van der Waals surface area contributed by atoms with Crippen molar-refractivity contribution in [3.63, 3.8) is 0 Å². The maximum absolute atomic E-state index is 12.1. The number of rotatable bonds is 6. The number of hydrogen-bond acceptors (Lipinski definition) is 3. The first-order valence-electron chi connectivity index (χ1n) is 6.99. The SMILES string of the molecule is CC(NC(=O)Cc1ccc(N)cc1)C(C)(C)CN(C)C.Cl.Cl. The Morgan fingerprint density at radius 1 is 1.23 bits per heavy atom. The average molecular weight is 350 g/mol. The lowest BCUT2D eigenvalue weighted by Crippen LogP contribution is -2.47. The van der Waals surface area contributed by atoms with E-state index in [0.29, 0.717) is 6.42 Å². The number of nitrogens with zero attached hydrogens (tertiary/aromatic N) is 1. The number of hydrogen-bond donors (Lipinski definition) is 2. The van der Waals surface area contributed by atoms with Crippen molar-refractivity contribution in [2.45, 2.75) is 33.2 Å². The van der Waals surface area contributed by atoms with Crippen LogP contribution in [0, 0.1) is 5.41 Å². The van der Waals surface area contributed by atoms with Crippen molar-refractivity contribution < 1.29 is 4.79 Å². The lowest BCUT2D eigenvalue weighted by Gasteiger charge is -2.34. The Hall–Kier alpha value is -0.970. The Balaban J connectivity index is 0. The summed E-state index contributed by atoms with van der Waals surface area (Å²) in [5, 5.41) is 3.09. The van der Waals surface area contributed by atoms with Crippen molar-refractivity contribution in [3.05, 3.63) is 29.8 Å². The highest BCUT2D eigenvalue weighted by molar-refractivity contribution is 5.85. The second-order valence-corrected chi connectivity index (χ2v) is 6.43. The van der Waals surface area contributed by atoms with Gasteiger partial charge in [0.15, 0.2) is 0 Å². The summed E-state index contributed by atoms with van der Waals surface area (Å²) in [5.74, 6) is 0.0501. The van der Waals surface area contributed by atoms with E-state index in [4.69, 9.17) is 5.73 Å². The maximum atomic E-state index is 12.1. The lowest BCUT2D eigenvalue weighted by molar-refractivity contribution is -0.121. The molecule has 6 heteroatoms. The molecule has 1 aromatic carbocycles. The van der Waals surface area contributed by atoms with E-state index in [-0.39, 0.29) is 42.2 Å². The van der Waals surface area contributed by atoms with Gasteiger partial charge in [0, 0.05) is 18.3 Å². The molecule has 0 saturated heterocycles. The van der Waals surface area contributed by atoms with Crippen molar-refractivity contribution in [3.8, 4) is 0 Å². The molecule has 1 unspecified atom stereocenters. The van der Waals surface area contributed by atoms with E-state index in [1.54, 1.807) is 0 Å². The molecule has 0 fully saturated rings. The fraction of sp³-hybridized carbons (Fsp3) is 0.562. The number of nitrogens with one attached hydrogen (secondary N) is 1. The molecule has 0 aliphatic carbocycles. The topological polar surface area (TPSA) is 58.4 Å². The Morgan fingerprint density at radius 2 is 1.73 bits per heavy atom. The fourth-order valence-corrected chi connectivity index (χ4v) is 2.26. The van der Waals surface area contributed by atoms with Gasteiger partial charge in [-0.05, 0) is 44.1 Å². The minimum Gasteiger partial charge on any atom is -0.399 e. The molecule has 1 atom stereocenters. The smallest absolute Gasteiger partial charge is 0.224 e. The number of halogens is 2. The van der Waals surface area contributed by atoms with Crippen LogP contribution >= 0.6 is 24.8 Å². The molecule has 1 amide bonds. The predicted octanol–water partition coefficient (Wildman–Crippen LogP) is 2.75. The van der Waals surface area contributed by atoms with Crippen molar-refractivity contribution >= 4 is 36.4 Å². The van der Waals surface area contributed by atoms with Gasteiger partial charge in [0.1, 0.15) is 0 Å². The zero-order valence-corrected chi connectivity index (χ0v) is 15.7. The van der Waals surface area contributed by atoms with Crippen molar-refractivity contribution in [1.82, 2.24) is 10.2 Å². The van der Waals surface area contributed by atoms with Crippen LogP contribution in [0.1, 0.15) is 26.3 Å². The largest absolute Gasteiger partial charge is 0.399 e. The molecule has 1 rings (SSSR count). The Morgan fingerprint density at radius 3 is 2.18 bits per heavy atom. The standard InChI is InChI=1S/C16H27N3O.2ClH/c1-12(16(2,3)11-19(4)5)18-15(20)10-13-6-8-14(17)9-7-13;;/h6-9,12H,10-11,17H2,1-5H3,(H,18,20);2*1H. The number of amides is 1. The van der Waals surface area contributed by atoms with Gasteiger partial charge in [-0.25, -0.2) is 0 Å². The van der Waals surface area contributed by atoms with Gasteiger partial charge in [0.2, 0.25) is 5.91 Å². The van der Waals surface area contributed by atoms with E-state index in [9.17, 15) is 4.79 Å². The zero-order valence-electron chi connectivity index (χ0n) is 14.1. The van der Waals surface area contributed by atoms with Crippen molar-refractivity contribution in [1.29, 1.82) is 0 Å². The van der Waals surface area contributed by atoms with Gasteiger partial charge in [-0.1, -0.05) is 26.0 Å². The third-order valence-corrected chi connectivity index (χ3v) is 3.62. The molecule has 0 aliphatic heterocycles. The summed E-state index contributed by atoms with van der Waals surface area (Å²) in [6, 6.07) is 7.55. The highest BCUT2D eigenvalue weighted by Crippen LogP contribution is 2.21. The highest BCUT2D eigenvalue weighted by Gasteiger charge is 2.27. The Labute approximate surface area is 146 Å². The van der Waals surface area contributed by atoms with Crippen LogP contribution in [0.4, 0.5) is 5.69 Å². The molecule has 0 aromatic heterocycles. The van der Waals surface area contributed by atoms with Crippen LogP contribution in [-0.2, 0) is 11.2 Å². The molecule has 4 nitrogen and oxygen atoms in total. The van der Waals surface area contributed by atoms with Crippen LogP contribution in [0.5, 0.6) is 0 Å². The van der Waals surface area contributed by atoms with E-state index < -0.39 is 0 Å². The van der Waals surface area contributed by atoms with E-state index in [2.05, 4.69) is 31.0 Å². The van der Waals surface area contributed by atoms with Crippen molar-refractivity contribution in [2.75, 3.05) is 26.4 Å². The number of anilines is 1. The summed E-state index contributed by atoms with van der Waals surface area (Å²) in [5.41, 5.74) is 7.36. The summed E-state index contributed by atoms with van der Waals surface area (Å²) in [7, 11) is 4.09. The molecule has 0 saturated carbocycles. The first-order valence-corrected chi connectivity index (χ1v) is 6.99. The second kappa shape index (κ2) is 9.93. The first kappa shape index (κ1) is 23.3. The molecular formula is C16H29Cl2N3O. The minimum absolute atomic E-state index is 0. The maximum Gasteiger partial charge on any atom is 0.224 e. The molecule has 0 aliphatic rings. The first-order chi connectivity index (χ1) is 9.20. The summed E-state index contributed by atoms with van der Waals surface area (Å²) in [6.45, 7) is 7.32. The predicted molar refractivity (Wildman–Crippen MR) is 99.0 cm³/mol. The number of carbonyl (C=O) groups excluding carboxylic acids is 1. The quantitative estimate of drug-likeness (QED) is 0.776. The summed E-state index contributed by atoms with van der Waals surface area (Å²) < 4.78 is 0. The molecule has 3 N–H and O–H groups in total. The van der Waals surface area contributed by atoms with Gasteiger partial charge in [-0.2, -0.15) is 0 Å². The summed E-state index contributed by atoms with van der Waals surface area (Å²) >= 11 is 0. The molecule has 0 radical (unpaired) electrons. The van der Waals surface area contributed by atoms with E-state index in [1.807, 2.05) is 38.4 Å². The third-order valence-electron chi connectivity index (χ3n) is 3.62. The zero-order chi connectivity index (χ0) is 15.3. The van der Waals surface area contributed by atoms with E-state index in [0.717, 1.165) is 17.8 Å². The Bertz CT molecular complexity index is 447. The van der Waals surface area contributed by atoms with Gasteiger partial charge >= 0.3 is 0 Å². The van der Waals surface area contributed by atoms with Gasteiger partial charge in [0.05, 0.1) is 6.42 Å². The van der Waals surface area contributed by atoms with Crippen LogP contribution in [-0.4, -0.2) is 37.5 Å². The van der Waals surface area contributed by atoms with Crippen LogP contribution in [0.15, 0.2) is 24.3 Å². The van der Waals surface area contributed by atoms with Crippen LogP contribution in [0.2, 0.25) is 0 Å². The molecule has 0 bridgehead atoms. The highest BCUT2D eigenvalue weighted by atomic mass is 35.5. The molecule has 0 heterocycles. The van der Waals surface area contributed by atoms with Gasteiger partial charge in [-0.3, -0.25) is 4.79 Å². The monoisotopic (exact) mass is 349 g/mol. The summed E-state index contributed by atoms with van der Waals surface area (Å²) in [6.07, 6.45) is 0.392. The third kappa shape index (κ3) is 7.87. The molecule has 22 heavy (non-hydrogen) atoms. The van der Waals surface area contributed by atoms with Gasteiger partial charge in [0.25, 0.3) is 0 Å².